The van der Waals surface area contributed by atoms with Crippen LogP contribution in [0.15, 0.2) is 29.1 Å². The number of carbonyl (C=O) groups is 1. The van der Waals surface area contributed by atoms with Gasteiger partial charge in [-0.25, -0.2) is 9.78 Å². The molecule has 206 valence electrons. The highest BCUT2D eigenvalue weighted by atomic mass is 16.4. The predicted octanol–water partition coefficient (Wildman–Crippen LogP) is 5.33. The van der Waals surface area contributed by atoms with Gasteiger partial charge in [-0.15, -0.1) is 0 Å². The van der Waals surface area contributed by atoms with Gasteiger partial charge in [-0.3, -0.25) is 4.79 Å². The smallest absolute Gasteiger partial charge is 0.326 e. The number of likely N-dealkylation sites (tertiary alicyclic amines) is 1. The number of hydrogen-bond acceptors (Lipinski definition) is 5. The van der Waals surface area contributed by atoms with Crippen molar-refractivity contribution in [1.29, 1.82) is 0 Å². The molecule has 5 fully saturated rings. The van der Waals surface area contributed by atoms with Crippen LogP contribution in [0.5, 0.6) is 0 Å². The summed E-state index contributed by atoms with van der Waals surface area (Å²) in [5, 5.41) is 9.62. The van der Waals surface area contributed by atoms with E-state index in [1.165, 1.54) is 32.2 Å². The molecular weight excluding hydrogens is 476 g/mol. The summed E-state index contributed by atoms with van der Waals surface area (Å²) in [6.07, 6.45) is 10.3. The van der Waals surface area contributed by atoms with Crippen LogP contribution in [0, 0.1) is 23.2 Å². The van der Waals surface area contributed by atoms with Crippen LogP contribution in [0.1, 0.15) is 84.6 Å². The topological polar surface area (TPSA) is 78.7 Å². The van der Waals surface area contributed by atoms with E-state index >= 15 is 0 Å². The van der Waals surface area contributed by atoms with Gasteiger partial charge < -0.3 is 19.5 Å². The first kappa shape index (κ1) is 25.8. The zero-order valence-electron chi connectivity index (χ0n) is 23.3. The van der Waals surface area contributed by atoms with Crippen molar-refractivity contribution in [3.05, 3.63) is 34.6 Å². The standard InChI is InChI=1S/C31H44N4O3/c1-4-7-22-19-23(13-16-33(22)15-12-20-10-11-21-18-24(20)31(21,2)3)35-26-9-6-5-8-25(26)32-28(29(35)36)34-17-14-27(34)30(37)38/h5-6,8-9,20-24,27H,4,7,10-19H2,1-3H3,(H,37,38)/t20-,21-,22-,23-,24-,27-/m0/s1. The number of fused-ring (bicyclic) bond motifs is 3. The summed E-state index contributed by atoms with van der Waals surface area (Å²) in [6.45, 7) is 10.00. The summed E-state index contributed by atoms with van der Waals surface area (Å²) in [6, 6.07) is 7.78. The largest absolute Gasteiger partial charge is 0.480 e. The minimum absolute atomic E-state index is 0.104. The van der Waals surface area contributed by atoms with Crippen LogP contribution in [0.3, 0.4) is 0 Å². The molecule has 38 heavy (non-hydrogen) atoms. The lowest BCUT2D eigenvalue weighted by Gasteiger charge is -2.60. The van der Waals surface area contributed by atoms with E-state index in [0.717, 1.165) is 61.0 Å². The molecule has 1 aromatic heterocycles. The van der Waals surface area contributed by atoms with Gasteiger partial charge in [0.15, 0.2) is 5.82 Å². The molecule has 3 saturated carbocycles. The van der Waals surface area contributed by atoms with Crippen LogP contribution in [0.2, 0.25) is 0 Å². The minimum atomic E-state index is -0.882. The second kappa shape index (κ2) is 9.96. The molecule has 3 aliphatic carbocycles. The van der Waals surface area contributed by atoms with Gasteiger partial charge in [-0.2, -0.15) is 0 Å². The Morgan fingerprint density at radius 2 is 1.89 bits per heavy atom. The van der Waals surface area contributed by atoms with Crippen molar-refractivity contribution in [3.63, 3.8) is 0 Å². The van der Waals surface area contributed by atoms with E-state index in [2.05, 4.69) is 30.7 Å². The third-order valence-corrected chi connectivity index (χ3v) is 10.9. The molecule has 7 rings (SSSR count). The Hall–Kier alpha value is -2.41. The molecule has 7 nitrogen and oxygen atoms in total. The minimum Gasteiger partial charge on any atom is -0.480 e. The van der Waals surface area contributed by atoms with Crippen LogP contribution in [-0.4, -0.2) is 57.2 Å². The molecule has 1 N–H and O–H groups in total. The zero-order chi connectivity index (χ0) is 26.6. The number of anilines is 1. The predicted molar refractivity (Wildman–Crippen MR) is 151 cm³/mol. The zero-order valence-corrected chi connectivity index (χ0v) is 23.3. The van der Waals surface area contributed by atoms with Crippen molar-refractivity contribution in [2.24, 2.45) is 23.2 Å². The number of benzene rings is 1. The summed E-state index contributed by atoms with van der Waals surface area (Å²) < 4.78 is 1.97. The third kappa shape index (κ3) is 4.25. The van der Waals surface area contributed by atoms with Crippen LogP contribution >= 0.6 is 0 Å². The monoisotopic (exact) mass is 520 g/mol. The summed E-state index contributed by atoms with van der Waals surface area (Å²) >= 11 is 0. The Morgan fingerprint density at radius 1 is 1.08 bits per heavy atom. The molecule has 2 aromatic rings. The molecule has 0 spiro atoms. The van der Waals surface area contributed by atoms with Crippen molar-refractivity contribution < 1.29 is 9.90 Å². The summed E-state index contributed by atoms with van der Waals surface area (Å²) in [5.41, 5.74) is 2.04. The lowest BCUT2D eigenvalue weighted by atomic mass is 9.45. The van der Waals surface area contributed by atoms with Gasteiger partial charge in [0.1, 0.15) is 6.04 Å². The first-order valence-corrected chi connectivity index (χ1v) is 15.0. The number of aromatic nitrogens is 2. The van der Waals surface area contributed by atoms with Gasteiger partial charge in [0.2, 0.25) is 0 Å². The maximum absolute atomic E-state index is 13.9. The van der Waals surface area contributed by atoms with Gasteiger partial charge >= 0.3 is 5.97 Å². The average Bonchev–Trinajstić information content (AvgIpc) is 2.87. The summed E-state index contributed by atoms with van der Waals surface area (Å²) in [5.74, 6) is 2.14. The number of rotatable bonds is 8. The van der Waals surface area contributed by atoms with Crippen molar-refractivity contribution in [2.45, 2.75) is 96.7 Å². The van der Waals surface area contributed by atoms with Crippen LogP contribution in [-0.2, 0) is 4.79 Å². The Kier molecular flexibility index (Phi) is 6.78. The number of carboxylic acid groups (broad SMARTS) is 1. The van der Waals surface area contributed by atoms with Gasteiger partial charge in [0.25, 0.3) is 5.56 Å². The maximum atomic E-state index is 13.9. The molecule has 2 saturated heterocycles. The average molecular weight is 521 g/mol. The highest BCUT2D eigenvalue weighted by molar-refractivity contribution is 5.81. The molecule has 6 atom stereocenters. The second-order valence-electron chi connectivity index (χ2n) is 13.1. The number of nitrogens with zero attached hydrogens (tertiary/aromatic N) is 4. The quantitative estimate of drug-likeness (QED) is 0.507. The van der Waals surface area contributed by atoms with Crippen molar-refractivity contribution in [3.8, 4) is 0 Å². The summed E-state index contributed by atoms with van der Waals surface area (Å²) in [7, 11) is 0. The lowest BCUT2D eigenvalue weighted by Crippen LogP contribution is -2.55. The normalized spacial score (nSPS) is 32.6. The van der Waals surface area contributed by atoms with Gasteiger partial charge in [0.05, 0.1) is 11.0 Å². The molecule has 0 radical (unpaired) electrons. The Balaban J connectivity index is 1.23. The number of piperidine rings is 1. The first-order valence-electron chi connectivity index (χ1n) is 15.0. The Labute approximate surface area is 226 Å². The fraction of sp³-hybridized carbons (Fsp3) is 0.710. The molecule has 0 amide bonds. The van der Waals surface area contributed by atoms with Gasteiger partial charge in [-0.05, 0) is 93.2 Å². The van der Waals surface area contributed by atoms with E-state index in [1.54, 1.807) is 4.90 Å². The lowest BCUT2D eigenvalue weighted by molar-refractivity contribution is -0.140. The van der Waals surface area contributed by atoms with Crippen LogP contribution in [0.4, 0.5) is 5.82 Å². The van der Waals surface area contributed by atoms with Gasteiger partial charge in [-0.1, -0.05) is 39.3 Å². The second-order valence-corrected chi connectivity index (χ2v) is 13.1. The van der Waals surface area contributed by atoms with E-state index in [4.69, 9.17) is 0 Å². The molecule has 2 bridgehead atoms. The molecule has 1 aromatic carbocycles. The SMILES string of the molecule is CCC[C@H]1C[C@@H](n2c(=O)c(N3CC[C@H]3C(=O)O)nc3ccccc32)CCN1CC[C@@H]1CC[C@H]2C[C@@H]1C2(C)C. The fourth-order valence-corrected chi connectivity index (χ4v) is 8.47. The van der Waals surface area contributed by atoms with E-state index < -0.39 is 12.0 Å². The van der Waals surface area contributed by atoms with E-state index in [-0.39, 0.29) is 11.6 Å². The Bertz CT molecular complexity index is 1250. The van der Waals surface area contributed by atoms with Crippen LogP contribution < -0.4 is 10.5 Å². The van der Waals surface area contributed by atoms with E-state index in [9.17, 15) is 14.7 Å². The van der Waals surface area contributed by atoms with Crippen LogP contribution in [0.25, 0.3) is 11.0 Å². The Morgan fingerprint density at radius 3 is 2.58 bits per heavy atom. The van der Waals surface area contributed by atoms with E-state index in [0.29, 0.717) is 30.2 Å². The number of aliphatic carboxylic acids is 1. The third-order valence-electron chi connectivity index (χ3n) is 10.9. The van der Waals surface area contributed by atoms with Crippen molar-refractivity contribution in [1.82, 2.24) is 14.5 Å². The fourth-order valence-electron chi connectivity index (χ4n) is 8.47. The maximum Gasteiger partial charge on any atom is 0.326 e. The highest BCUT2D eigenvalue weighted by Crippen LogP contribution is 2.62. The molecule has 3 heterocycles. The highest BCUT2D eigenvalue weighted by Gasteiger charge is 2.53. The van der Waals surface area contributed by atoms with Crippen molar-refractivity contribution >= 4 is 22.8 Å². The number of carboxylic acids is 1. The molecule has 5 aliphatic rings. The number of para-hydroxylation sites is 2. The summed E-state index contributed by atoms with van der Waals surface area (Å²) in [4.78, 5) is 34.7. The number of hydrogen-bond donors (Lipinski definition) is 1. The molecule has 0 unspecified atom stereocenters. The van der Waals surface area contributed by atoms with Gasteiger partial charge in [0, 0.05) is 25.2 Å². The van der Waals surface area contributed by atoms with E-state index in [1.807, 2.05) is 28.8 Å². The molecule has 2 aliphatic heterocycles. The first-order chi connectivity index (χ1) is 18.3. The van der Waals surface area contributed by atoms with Crippen molar-refractivity contribution in [2.75, 3.05) is 24.5 Å². The molecule has 7 heteroatoms. The molecular formula is C31H44N4O3.